The number of hydrogen-bond donors (Lipinski definition) is 1. The monoisotopic (exact) mass is 297 g/mol. The zero-order valence-corrected chi connectivity index (χ0v) is 13.5. The Morgan fingerprint density at radius 3 is 2.55 bits per heavy atom. The van der Waals surface area contributed by atoms with Gasteiger partial charge in [0.05, 0.1) is 5.60 Å². The minimum atomic E-state index is -0.615. The van der Waals surface area contributed by atoms with E-state index in [-0.39, 0.29) is 0 Å². The summed E-state index contributed by atoms with van der Waals surface area (Å²) in [6, 6.07) is 8.32. The Morgan fingerprint density at radius 2 is 1.91 bits per heavy atom. The summed E-state index contributed by atoms with van der Waals surface area (Å²) in [5, 5.41) is 11.1. The average molecular weight is 297 g/mol. The van der Waals surface area contributed by atoms with Gasteiger partial charge in [-0.25, -0.2) is 0 Å². The molecule has 0 aromatic heterocycles. The highest BCUT2D eigenvalue weighted by Gasteiger charge is 2.39. The van der Waals surface area contributed by atoms with Crippen LogP contribution in [0.3, 0.4) is 0 Å². The topological polar surface area (TPSA) is 23.5 Å². The van der Waals surface area contributed by atoms with Crippen molar-refractivity contribution >= 4 is 0 Å². The summed E-state index contributed by atoms with van der Waals surface area (Å²) >= 11 is 0. The fourth-order valence-corrected chi connectivity index (χ4v) is 4.91. The summed E-state index contributed by atoms with van der Waals surface area (Å²) in [4.78, 5) is 2.59. The molecule has 0 radical (unpaired) electrons. The van der Waals surface area contributed by atoms with Crippen molar-refractivity contribution in [3.05, 3.63) is 47.5 Å². The first-order valence-corrected chi connectivity index (χ1v) is 8.83. The van der Waals surface area contributed by atoms with Crippen LogP contribution >= 0.6 is 0 Å². The third-order valence-electron chi connectivity index (χ3n) is 6.24. The number of hydrogen-bond acceptors (Lipinski definition) is 2. The van der Waals surface area contributed by atoms with Crippen LogP contribution in [0.5, 0.6) is 0 Å². The number of likely N-dealkylation sites (tertiary alicyclic amines) is 1. The number of aryl methyl sites for hydroxylation is 1. The maximum atomic E-state index is 11.1. The van der Waals surface area contributed by atoms with Gasteiger partial charge in [0, 0.05) is 19.6 Å². The van der Waals surface area contributed by atoms with E-state index in [2.05, 4.69) is 42.2 Å². The molecule has 1 aliphatic heterocycles. The summed E-state index contributed by atoms with van der Waals surface area (Å²) in [6.45, 7) is 5.40. The lowest BCUT2D eigenvalue weighted by atomic mass is 9.81. The maximum absolute atomic E-state index is 11.1. The molecule has 1 saturated carbocycles. The Morgan fingerprint density at radius 1 is 1.14 bits per heavy atom. The van der Waals surface area contributed by atoms with Crippen molar-refractivity contribution in [2.75, 3.05) is 19.6 Å². The molecule has 4 rings (SSSR count). The van der Waals surface area contributed by atoms with Gasteiger partial charge >= 0.3 is 0 Å². The Bertz CT molecular complexity index is 571. The van der Waals surface area contributed by atoms with Crippen molar-refractivity contribution in [3.8, 4) is 0 Å². The molecular formula is C20H27NO. The van der Waals surface area contributed by atoms with E-state index in [0.29, 0.717) is 0 Å². The molecule has 3 unspecified atom stereocenters. The molecule has 0 spiro atoms. The van der Waals surface area contributed by atoms with E-state index in [1.807, 2.05) is 6.07 Å². The number of aliphatic hydroxyl groups is 1. The fourth-order valence-electron chi connectivity index (χ4n) is 4.91. The molecule has 3 aliphatic rings. The molecule has 1 heterocycles. The Balaban J connectivity index is 1.38. The Kier molecular flexibility index (Phi) is 3.62. The van der Waals surface area contributed by atoms with Crippen molar-refractivity contribution < 1.29 is 5.11 Å². The molecule has 1 saturated heterocycles. The standard InChI is InChI=1S/C20H27NO/c1-15-4-2-3-5-19(15)20(22)8-10-21(11-9-20)14-18-13-16-6-7-17(18)12-16/h2-7,16-18,22H,8-14H2,1H3. The molecule has 3 atom stereocenters. The van der Waals surface area contributed by atoms with Crippen LogP contribution in [0.1, 0.15) is 36.8 Å². The average Bonchev–Trinajstić information content (AvgIpc) is 3.13. The van der Waals surface area contributed by atoms with Crippen LogP contribution in [-0.2, 0) is 5.60 Å². The predicted octanol–water partition coefficient (Wildman–Crippen LogP) is 3.49. The lowest BCUT2D eigenvalue weighted by Gasteiger charge is -2.40. The largest absolute Gasteiger partial charge is 0.385 e. The van der Waals surface area contributed by atoms with Crippen molar-refractivity contribution in [2.24, 2.45) is 17.8 Å². The molecule has 2 fully saturated rings. The quantitative estimate of drug-likeness (QED) is 0.863. The predicted molar refractivity (Wildman–Crippen MR) is 89.6 cm³/mol. The van der Waals surface area contributed by atoms with Gasteiger partial charge < -0.3 is 10.0 Å². The number of piperidine rings is 1. The van der Waals surface area contributed by atoms with Gasteiger partial charge in [-0.05, 0) is 61.5 Å². The minimum Gasteiger partial charge on any atom is -0.385 e. The molecule has 1 aromatic rings. The smallest absolute Gasteiger partial charge is 0.0923 e. The van der Waals surface area contributed by atoms with Crippen LogP contribution in [0, 0.1) is 24.7 Å². The number of nitrogens with zero attached hydrogens (tertiary/aromatic N) is 1. The molecule has 118 valence electrons. The highest BCUT2D eigenvalue weighted by molar-refractivity contribution is 5.31. The van der Waals surface area contributed by atoms with Gasteiger partial charge in [0.1, 0.15) is 0 Å². The lowest BCUT2D eigenvalue weighted by Crippen LogP contribution is -2.44. The van der Waals surface area contributed by atoms with Crippen LogP contribution in [0.4, 0.5) is 0 Å². The Labute approximate surface area is 133 Å². The van der Waals surface area contributed by atoms with Crippen LogP contribution in [0.25, 0.3) is 0 Å². The molecule has 2 aliphatic carbocycles. The molecule has 2 nitrogen and oxygen atoms in total. The summed E-state index contributed by atoms with van der Waals surface area (Å²) in [5.74, 6) is 2.56. The van der Waals surface area contributed by atoms with Crippen LogP contribution < -0.4 is 0 Å². The van der Waals surface area contributed by atoms with E-state index in [1.165, 1.54) is 24.9 Å². The van der Waals surface area contributed by atoms with Crippen molar-refractivity contribution in [1.82, 2.24) is 4.90 Å². The molecule has 22 heavy (non-hydrogen) atoms. The summed E-state index contributed by atoms with van der Waals surface area (Å²) in [7, 11) is 0. The number of allylic oxidation sites excluding steroid dienone is 2. The summed E-state index contributed by atoms with van der Waals surface area (Å²) in [5.41, 5.74) is 1.74. The molecule has 2 bridgehead atoms. The Hall–Kier alpha value is -1.12. The van der Waals surface area contributed by atoms with Crippen LogP contribution in [0.2, 0.25) is 0 Å². The zero-order valence-electron chi connectivity index (χ0n) is 13.5. The first-order chi connectivity index (χ1) is 10.6. The first-order valence-electron chi connectivity index (χ1n) is 8.83. The first kappa shape index (κ1) is 14.5. The molecule has 0 amide bonds. The van der Waals surface area contributed by atoms with E-state index in [1.54, 1.807) is 0 Å². The van der Waals surface area contributed by atoms with Gasteiger partial charge in [-0.3, -0.25) is 0 Å². The maximum Gasteiger partial charge on any atom is 0.0923 e. The van der Waals surface area contributed by atoms with E-state index in [9.17, 15) is 5.11 Å². The minimum absolute atomic E-state index is 0.615. The zero-order chi connectivity index (χ0) is 15.2. The summed E-state index contributed by atoms with van der Waals surface area (Å²) < 4.78 is 0. The van der Waals surface area contributed by atoms with Crippen molar-refractivity contribution in [3.63, 3.8) is 0 Å². The van der Waals surface area contributed by atoms with E-state index in [4.69, 9.17) is 0 Å². The number of fused-ring (bicyclic) bond motifs is 2. The second-order valence-electron chi connectivity index (χ2n) is 7.69. The highest BCUT2D eigenvalue weighted by Crippen LogP contribution is 2.44. The third kappa shape index (κ3) is 2.53. The molecular weight excluding hydrogens is 270 g/mol. The van der Waals surface area contributed by atoms with Gasteiger partial charge in [-0.1, -0.05) is 36.4 Å². The fraction of sp³-hybridized carbons (Fsp3) is 0.600. The van der Waals surface area contributed by atoms with Crippen molar-refractivity contribution in [1.29, 1.82) is 0 Å². The molecule has 1 aromatic carbocycles. The SMILES string of the molecule is Cc1ccccc1C1(O)CCN(CC2CC3C=CC2C3)CC1. The van der Waals surface area contributed by atoms with Crippen molar-refractivity contribution in [2.45, 2.75) is 38.2 Å². The van der Waals surface area contributed by atoms with Gasteiger partial charge in [0.15, 0.2) is 0 Å². The summed E-state index contributed by atoms with van der Waals surface area (Å²) in [6.07, 6.45) is 9.40. The normalized spacial score (nSPS) is 33.5. The molecule has 1 N–H and O–H groups in total. The van der Waals surface area contributed by atoms with Gasteiger partial charge in [-0.15, -0.1) is 0 Å². The number of rotatable bonds is 3. The third-order valence-corrected chi connectivity index (χ3v) is 6.24. The van der Waals surface area contributed by atoms with Gasteiger partial charge in [-0.2, -0.15) is 0 Å². The van der Waals surface area contributed by atoms with Gasteiger partial charge in [0.2, 0.25) is 0 Å². The van der Waals surface area contributed by atoms with Gasteiger partial charge in [0.25, 0.3) is 0 Å². The van der Waals surface area contributed by atoms with E-state index >= 15 is 0 Å². The second kappa shape index (κ2) is 5.50. The lowest BCUT2D eigenvalue weighted by molar-refractivity contribution is -0.0299. The van der Waals surface area contributed by atoms with E-state index < -0.39 is 5.60 Å². The highest BCUT2D eigenvalue weighted by atomic mass is 16.3. The molecule has 2 heteroatoms. The van der Waals surface area contributed by atoms with Crippen LogP contribution in [-0.4, -0.2) is 29.6 Å². The van der Waals surface area contributed by atoms with E-state index in [0.717, 1.165) is 49.2 Å². The van der Waals surface area contributed by atoms with Crippen LogP contribution in [0.15, 0.2) is 36.4 Å². The number of benzene rings is 1. The second-order valence-corrected chi connectivity index (χ2v) is 7.69.